The lowest BCUT2D eigenvalue weighted by molar-refractivity contribution is -0.136. The van der Waals surface area contributed by atoms with E-state index in [1.807, 2.05) is 30.0 Å². The molecule has 0 spiro atoms. The van der Waals surface area contributed by atoms with E-state index >= 15 is 0 Å². The number of ether oxygens (including phenoxy) is 1. The number of rotatable bonds is 5. The van der Waals surface area contributed by atoms with Crippen molar-refractivity contribution in [2.75, 3.05) is 12.4 Å². The molecule has 6 nitrogen and oxygen atoms in total. The molecule has 0 radical (unpaired) electrons. The Labute approximate surface area is 216 Å². The standard InChI is InChI=1S/C29H34N3O3P/c1-6-20-13-14-25(35-5)22(16-20)28(34)30-24-12-8-11-23(27(24)36)29(4)17-26(33)32(19(3)31-29)21-10-7-9-18(2)15-21/h1,8,11-14,16,18,21,31H,3,7,9-10,15,17,36H2,2,4-5H3,(H,30,34). The van der Waals surface area contributed by atoms with Crippen molar-refractivity contribution in [3.63, 3.8) is 0 Å². The molecule has 4 atom stereocenters. The van der Waals surface area contributed by atoms with Crippen LogP contribution < -0.4 is 20.7 Å². The van der Waals surface area contributed by atoms with Crippen LogP contribution in [0, 0.1) is 18.3 Å². The van der Waals surface area contributed by atoms with E-state index in [0.29, 0.717) is 40.7 Å². The molecule has 188 valence electrons. The fraction of sp³-hybridized carbons (Fsp3) is 0.379. The number of methoxy groups -OCH3 is 1. The maximum absolute atomic E-state index is 13.4. The van der Waals surface area contributed by atoms with Crippen molar-refractivity contribution < 1.29 is 14.3 Å². The predicted molar refractivity (Wildman–Crippen MR) is 147 cm³/mol. The zero-order chi connectivity index (χ0) is 26.0. The van der Waals surface area contributed by atoms with Gasteiger partial charge in [0.25, 0.3) is 5.91 Å². The van der Waals surface area contributed by atoms with Crippen LogP contribution in [-0.2, 0) is 10.3 Å². The highest BCUT2D eigenvalue weighted by Crippen LogP contribution is 2.37. The first-order chi connectivity index (χ1) is 17.2. The number of hydrogen-bond acceptors (Lipinski definition) is 4. The quantitative estimate of drug-likeness (QED) is 0.465. The number of benzene rings is 2. The largest absolute Gasteiger partial charge is 0.496 e. The number of nitrogens with one attached hydrogen (secondary N) is 2. The highest BCUT2D eigenvalue weighted by atomic mass is 31.0. The summed E-state index contributed by atoms with van der Waals surface area (Å²) in [6, 6.07) is 10.9. The lowest BCUT2D eigenvalue weighted by atomic mass is 9.82. The molecule has 1 saturated carbocycles. The van der Waals surface area contributed by atoms with Crippen molar-refractivity contribution in [3.05, 3.63) is 65.5 Å². The minimum Gasteiger partial charge on any atom is -0.496 e. The number of carbonyl (C=O) groups excluding carboxylic acids is 2. The Balaban J connectivity index is 1.58. The van der Waals surface area contributed by atoms with Crippen LogP contribution in [0.25, 0.3) is 0 Å². The van der Waals surface area contributed by atoms with E-state index in [1.165, 1.54) is 13.5 Å². The summed E-state index contributed by atoms with van der Waals surface area (Å²) in [5, 5.41) is 7.31. The zero-order valence-corrected chi connectivity index (χ0v) is 22.3. The normalized spacial score (nSPS) is 24.0. The summed E-state index contributed by atoms with van der Waals surface area (Å²) in [6.45, 7) is 8.48. The van der Waals surface area contributed by atoms with Gasteiger partial charge in [-0.2, -0.15) is 0 Å². The first-order valence-corrected chi connectivity index (χ1v) is 12.9. The number of anilines is 1. The number of terminal acetylenes is 1. The van der Waals surface area contributed by atoms with Crippen molar-refractivity contribution in [3.8, 4) is 18.1 Å². The van der Waals surface area contributed by atoms with Gasteiger partial charge in [-0.1, -0.05) is 44.4 Å². The van der Waals surface area contributed by atoms with Gasteiger partial charge in [0.05, 0.1) is 24.6 Å². The third kappa shape index (κ3) is 4.99. The Kier molecular flexibility index (Phi) is 7.43. The van der Waals surface area contributed by atoms with Gasteiger partial charge in [-0.15, -0.1) is 15.7 Å². The van der Waals surface area contributed by atoms with Gasteiger partial charge < -0.3 is 15.4 Å². The first kappa shape index (κ1) is 25.8. The van der Waals surface area contributed by atoms with E-state index in [9.17, 15) is 9.59 Å². The van der Waals surface area contributed by atoms with E-state index in [-0.39, 0.29) is 17.9 Å². The maximum atomic E-state index is 13.4. The number of carbonyl (C=O) groups is 2. The molecule has 4 unspecified atom stereocenters. The molecule has 2 aliphatic rings. The fourth-order valence-electron chi connectivity index (χ4n) is 5.50. The Morgan fingerprint density at radius 1 is 1.33 bits per heavy atom. The molecule has 7 heteroatoms. The van der Waals surface area contributed by atoms with E-state index in [0.717, 1.165) is 30.1 Å². The second kappa shape index (κ2) is 10.4. The Hall–Kier alpha value is -3.29. The molecule has 2 aromatic carbocycles. The minimum atomic E-state index is -0.663. The lowest BCUT2D eigenvalue weighted by Crippen LogP contribution is -2.57. The average molecular weight is 504 g/mol. The van der Waals surface area contributed by atoms with Crippen molar-refractivity contribution in [1.82, 2.24) is 10.2 Å². The molecule has 2 amide bonds. The number of nitrogens with zero attached hydrogens (tertiary/aromatic N) is 1. The Morgan fingerprint density at radius 2 is 2.11 bits per heavy atom. The summed E-state index contributed by atoms with van der Waals surface area (Å²) in [5.41, 5.74) is 1.81. The van der Waals surface area contributed by atoms with Crippen LogP contribution in [0.5, 0.6) is 5.75 Å². The van der Waals surface area contributed by atoms with Crippen LogP contribution >= 0.6 is 9.24 Å². The van der Waals surface area contributed by atoms with Crippen LogP contribution in [0.1, 0.15) is 67.4 Å². The molecule has 0 aromatic heterocycles. The van der Waals surface area contributed by atoms with E-state index < -0.39 is 5.54 Å². The van der Waals surface area contributed by atoms with Crippen LogP contribution in [0.2, 0.25) is 0 Å². The molecule has 4 rings (SSSR count). The van der Waals surface area contributed by atoms with Gasteiger partial charge in [-0.3, -0.25) is 14.5 Å². The highest BCUT2D eigenvalue weighted by molar-refractivity contribution is 7.28. The summed E-state index contributed by atoms with van der Waals surface area (Å²) in [6.07, 6.45) is 10.2. The van der Waals surface area contributed by atoms with Gasteiger partial charge in [-0.25, -0.2) is 0 Å². The van der Waals surface area contributed by atoms with Gasteiger partial charge in [0.15, 0.2) is 0 Å². The molecule has 2 aromatic rings. The molecule has 1 heterocycles. The Bertz CT molecular complexity index is 1230. The van der Waals surface area contributed by atoms with E-state index in [2.05, 4.69) is 39.3 Å². The third-order valence-corrected chi connectivity index (χ3v) is 7.94. The minimum absolute atomic E-state index is 0.0787. The molecule has 36 heavy (non-hydrogen) atoms. The zero-order valence-electron chi connectivity index (χ0n) is 21.2. The second-order valence-electron chi connectivity index (χ2n) is 10.1. The fourth-order valence-corrected chi connectivity index (χ4v) is 6.09. The predicted octanol–water partition coefficient (Wildman–Crippen LogP) is 4.52. The average Bonchev–Trinajstić information content (AvgIpc) is 2.84. The van der Waals surface area contributed by atoms with Crippen LogP contribution in [-0.4, -0.2) is 29.9 Å². The highest BCUT2D eigenvalue weighted by Gasteiger charge is 2.42. The van der Waals surface area contributed by atoms with Gasteiger partial charge in [0, 0.05) is 17.3 Å². The summed E-state index contributed by atoms with van der Waals surface area (Å²) < 4.78 is 5.36. The summed E-state index contributed by atoms with van der Waals surface area (Å²) >= 11 is 0. The van der Waals surface area contributed by atoms with E-state index in [4.69, 9.17) is 11.2 Å². The van der Waals surface area contributed by atoms with Gasteiger partial charge in [0.2, 0.25) is 5.91 Å². The molecule has 2 N–H and O–H groups in total. The number of amides is 2. The van der Waals surface area contributed by atoms with Gasteiger partial charge in [0.1, 0.15) is 11.6 Å². The van der Waals surface area contributed by atoms with Crippen molar-refractivity contribution in [2.45, 2.75) is 57.5 Å². The third-order valence-electron chi connectivity index (χ3n) is 7.32. The maximum Gasteiger partial charge on any atom is 0.259 e. The molecule has 2 fully saturated rings. The topological polar surface area (TPSA) is 70.7 Å². The smallest absolute Gasteiger partial charge is 0.259 e. The molecule has 0 bridgehead atoms. The molecule has 1 saturated heterocycles. The van der Waals surface area contributed by atoms with Gasteiger partial charge in [-0.05, 0) is 60.8 Å². The molecule has 1 aliphatic carbocycles. The summed E-state index contributed by atoms with van der Waals surface area (Å²) in [7, 11) is 4.24. The first-order valence-electron chi connectivity index (χ1n) is 12.3. The summed E-state index contributed by atoms with van der Waals surface area (Å²) in [4.78, 5) is 28.5. The van der Waals surface area contributed by atoms with Crippen LogP contribution in [0.4, 0.5) is 5.69 Å². The lowest BCUT2D eigenvalue weighted by Gasteiger charge is -2.47. The van der Waals surface area contributed by atoms with Crippen LogP contribution in [0.3, 0.4) is 0 Å². The van der Waals surface area contributed by atoms with Gasteiger partial charge >= 0.3 is 0 Å². The Morgan fingerprint density at radius 3 is 2.78 bits per heavy atom. The summed E-state index contributed by atoms with van der Waals surface area (Å²) in [5.74, 6) is 3.99. The van der Waals surface area contributed by atoms with Crippen LogP contribution in [0.15, 0.2) is 48.8 Å². The van der Waals surface area contributed by atoms with Crippen molar-refractivity contribution >= 4 is 32.0 Å². The molecular formula is C29H34N3O3P. The molecule has 1 aliphatic heterocycles. The second-order valence-corrected chi connectivity index (χ2v) is 10.6. The number of hydrogen-bond donors (Lipinski definition) is 2. The SMILES string of the molecule is C#Cc1ccc(OC)c(C(=O)Nc2cccc(C3(C)CC(=O)N(C4CCCC(C)C4)C(=C)N3)c2P)c1. The monoisotopic (exact) mass is 503 g/mol. The van der Waals surface area contributed by atoms with Crippen molar-refractivity contribution in [2.24, 2.45) is 5.92 Å². The van der Waals surface area contributed by atoms with Crippen molar-refractivity contribution in [1.29, 1.82) is 0 Å². The molecular weight excluding hydrogens is 469 g/mol. The van der Waals surface area contributed by atoms with E-state index in [1.54, 1.807) is 18.2 Å².